The van der Waals surface area contributed by atoms with Crippen LogP contribution in [-0.2, 0) is 0 Å². The van der Waals surface area contributed by atoms with E-state index < -0.39 is 0 Å². The van der Waals surface area contributed by atoms with Gasteiger partial charge in [0.05, 0.1) is 5.25 Å². The predicted molar refractivity (Wildman–Crippen MR) is 71.8 cm³/mol. The topological polar surface area (TPSA) is 0 Å². The summed E-state index contributed by atoms with van der Waals surface area (Å²) in [7, 11) is 0. The second-order valence-corrected chi connectivity index (χ2v) is 4.62. The Morgan fingerprint density at radius 3 is 2.31 bits per heavy atom. The average Bonchev–Trinajstić information content (AvgIpc) is 2.32. The third-order valence-corrected chi connectivity index (χ3v) is 3.35. The monoisotopic (exact) mass is 227 g/mol. The Labute approximate surface area is 103 Å². The predicted octanol–water partition coefficient (Wildman–Crippen LogP) is 4.59. The van der Waals surface area contributed by atoms with Crippen molar-refractivity contribution in [2.75, 3.05) is 0 Å². The van der Waals surface area contributed by atoms with Crippen molar-refractivity contribution in [3.8, 4) is 0 Å². The SMILES string of the molecule is Cc1ccc(C)c(C([S])c2ccccc2)c1. The summed E-state index contributed by atoms with van der Waals surface area (Å²) in [6.07, 6.45) is 0. The second-order valence-electron chi connectivity index (χ2n) is 4.15. The Hall–Kier alpha value is -1.21. The molecule has 0 aliphatic heterocycles. The Morgan fingerprint density at radius 2 is 1.62 bits per heavy atom. The summed E-state index contributed by atoms with van der Waals surface area (Å²) in [6.45, 7) is 4.23. The molecule has 1 atom stereocenters. The standard InChI is InChI=1S/C15H15S/c1-11-8-9-12(2)14(10-11)15(16)13-6-4-3-5-7-13/h3-10,15H,1-2H3. The minimum absolute atomic E-state index is 0.0566. The summed E-state index contributed by atoms with van der Waals surface area (Å²) in [6, 6.07) is 16.8. The maximum Gasteiger partial charge on any atom is 0.0653 e. The third kappa shape index (κ3) is 2.30. The lowest BCUT2D eigenvalue weighted by Gasteiger charge is -2.14. The third-order valence-electron chi connectivity index (χ3n) is 2.82. The fourth-order valence-electron chi connectivity index (χ4n) is 1.85. The van der Waals surface area contributed by atoms with Crippen LogP contribution in [0.3, 0.4) is 0 Å². The van der Waals surface area contributed by atoms with E-state index in [1.165, 1.54) is 22.3 Å². The van der Waals surface area contributed by atoms with E-state index in [9.17, 15) is 0 Å². The van der Waals surface area contributed by atoms with E-state index in [-0.39, 0.29) is 5.25 Å². The largest absolute Gasteiger partial charge is 0.0801 e. The van der Waals surface area contributed by atoms with Gasteiger partial charge in [0.1, 0.15) is 0 Å². The van der Waals surface area contributed by atoms with Gasteiger partial charge in [-0.3, -0.25) is 0 Å². The Bertz CT molecular complexity index is 474. The molecule has 0 aromatic heterocycles. The number of rotatable bonds is 2. The molecule has 0 spiro atoms. The highest BCUT2D eigenvalue weighted by atomic mass is 32.1. The van der Waals surface area contributed by atoms with Crippen LogP contribution in [0.1, 0.15) is 27.5 Å². The fraction of sp³-hybridized carbons (Fsp3) is 0.200. The van der Waals surface area contributed by atoms with Crippen LogP contribution in [0.25, 0.3) is 0 Å². The van der Waals surface area contributed by atoms with Crippen LogP contribution in [-0.4, -0.2) is 0 Å². The molecule has 81 valence electrons. The molecule has 2 aromatic carbocycles. The summed E-state index contributed by atoms with van der Waals surface area (Å²) < 4.78 is 0. The van der Waals surface area contributed by atoms with E-state index in [1.807, 2.05) is 18.2 Å². The number of hydrogen-bond donors (Lipinski definition) is 0. The molecule has 0 N–H and O–H groups in total. The van der Waals surface area contributed by atoms with Crippen molar-refractivity contribution in [2.24, 2.45) is 0 Å². The zero-order valence-corrected chi connectivity index (χ0v) is 10.4. The Morgan fingerprint density at radius 1 is 0.938 bits per heavy atom. The first-order valence-electron chi connectivity index (χ1n) is 5.46. The summed E-state index contributed by atoms with van der Waals surface area (Å²) in [5, 5.41) is 0.0566. The molecule has 1 radical (unpaired) electrons. The fourth-order valence-corrected chi connectivity index (χ4v) is 2.26. The van der Waals surface area contributed by atoms with Gasteiger partial charge in [0.2, 0.25) is 0 Å². The molecule has 0 amide bonds. The molecule has 2 rings (SSSR count). The first-order chi connectivity index (χ1) is 7.68. The van der Waals surface area contributed by atoms with Crippen LogP contribution < -0.4 is 0 Å². The summed E-state index contributed by atoms with van der Waals surface area (Å²) in [5.74, 6) is 0. The number of hydrogen-bond acceptors (Lipinski definition) is 0. The van der Waals surface area contributed by atoms with Crippen molar-refractivity contribution < 1.29 is 0 Å². The molecule has 0 fully saturated rings. The van der Waals surface area contributed by atoms with Crippen molar-refractivity contribution in [1.29, 1.82) is 0 Å². The van der Waals surface area contributed by atoms with Crippen LogP contribution in [0.2, 0.25) is 0 Å². The summed E-state index contributed by atoms with van der Waals surface area (Å²) in [5.41, 5.74) is 4.99. The van der Waals surface area contributed by atoms with Gasteiger partial charge in [-0.2, -0.15) is 0 Å². The molecule has 0 saturated heterocycles. The van der Waals surface area contributed by atoms with Crippen LogP contribution >= 0.6 is 12.6 Å². The quantitative estimate of drug-likeness (QED) is 0.704. The molecule has 1 unspecified atom stereocenters. The lowest BCUT2D eigenvalue weighted by molar-refractivity contribution is 1.12. The van der Waals surface area contributed by atoms with Gasteiger partial charge in [0.25, 0.3) is 0 Å². The Kier molecular flexibility index (Phi) is 3.35. The first kappa shape index (κ1) is 11.3. The van der Waals surface area contributed by atoms with E-state index in [0.29, 0.717) is 0 Å². The highest BCUT2D eigenvalue weighted by molar-refractivity contribution is 7.80. The minimum Gasteiger partial charge on any atom is -0.0801 e. The molecule has 0 aliphatic rings. The van der Waals surface area contributed by atoms with Crippen molar-refractivity contribution in [1.82, 2.24) is 0 Å². The first-order valence-corrected chi connectivity index (χ1v) is 5.93. The molecule has 16 heavy (non-hydrogen) atoms. The highest BCUT2D eigenvalue weighted by Crippen LogP contribution is 2.30. The van der Waals surface area contributed by atoms with Crippen LogP contribution in [0.15, 0.2) is 48.5 Å². The normalized spacial score (nSPS) is 12.4. The molecule has 2 aromatic rings. The number of aryl methyl sites for hydroxylation is 2. The zero-order chi connectivity index (χ0) is 11.5. The maximum absolute atomic E-state index is 5.62. The van der Waals surface area contributed by atoms with E-state index in [1.54, 1.807) is 0 Å². The minimum atomic E-state index is 0.0566. The average molecular weight is 227 g/mol. The summed E-state index contributed by atoms with van der Waals surface area (Å²) >= 11 is 5.62. The molecule has 0 aliphatic carbocycles. The molecule has 0 saturated carbocycles. The van der Waals surface area contributed by atoms with Crippen molar-refractivity contribution >= 4 is 12.6 Å². The van der Waals surface area contributed by atoms with Crippen molar-refractivity contribution in [3.63, 3.8) is 0 Å². The van der Waals surface area contributed by atoms with E-state index in [2.05, 4.69) is 44.2 Å². The van der Waals surface area contributed by atoms with Gasteiger partial charge in [-0.25, -0.2) is 0 Å². The number of benzene rings is 2. The molecule has 0 heterocycles. The van der Waals surface area contributed by atoms with Gasteiger partial charge in [-0.1, -0.05) is 66.7 Å². The lowest BCUT2D eigenvalue weighted by Crippen LogP contribution is -1.96. The van der Waals surface area contributed by atoms with Crippen LogP contribution in [0.5, 0.6) is 0 Å². The van der Waals surface area contributed by atoms with Crippen molar-refractivity contribution in [2.45, 2.75) is 19.1 Å². The van der Waals surface area contributed by atoms with Gasteiger partial charge in [0.15, 0.2) is 0 Å². The second kappa shape index (κ2) is 4.75. The van der Waals surface area contributed by atoms with Gasteiger partial charge < -0.3 is 0 Å². The molecular formula is C15H15S. The maximum atomic E-state index is 5.62. The van der Waals surface area contributed by atoms with Crippen LogP contribution in [0, 0.1) is 13.8 Å². The van der Waals surface area contributed by atoms with Crippen LogP contribution in [0.4, 0.5) is 0 Å². The molecule has 0 bridgehead atoms. The van der Waals surface area contributed by atoms with Gasteiger partial charge in [-0.15, -0.1) is 0 Å². The lowest BCUT2D eigenvalue weighted by atomic mass is 9.98. The Balaban J connectivity index is 2.41. The summed E-state index contributed by atoms with van der Waals surface area (Å²) in [4.78, 5) is 0. The van der Waals surface area contributed by atoms with Gasteiger partial charge in [0, 0.05) is 0 Å². The van der Waals surface area contributed by atoms with Gasteiger partial charge in [-0.05, 0) is 30.5 Å². The van der Waals surface area contributed by atoms with E-state index in [4.69, 9.17) is 12.6 Å². The van der Waals surface area contributed by atoms with Crippen molar-refractivity contribution in [3.05, 3.63) is 70.8 Å². The molecular weight excluding hydrogens is 212 g/mol. The van der Waals surface area contributed by atoms with Gasteiger partial charge >= 0.3 is 0 Å². The molecule has 0 nitrogen and oxygen atoms in total. The zero-order valence-electron chi connectivity index (χ0n) is 9.60. The molecule has 1 heteroatoms. The highest BCUT2D eigenvalue weighted by Gasteiger charge is 2.12. The smallest absolute Gasteiger partial charge is 0.0653 e. The van der Waals surface area contributed by atoms with E-state index >= 15 is 0 Å². The van der Waals surface area contributed by atoms with E-state index in [0.717, 1.165) is 0 Å².